The maximum absolute atomic E-state index is 10.7. The van der Waals surface area contributed by atoms with Gasteiger partial charge in [-0.3, -0.25) is 4.79 Å². The van der Waals surface area contributed by atoms with Crippen molar-refractivity contribution in [3.63, 3.8) is 0 Å². The first-order valence-corrected chi connectivity index (χ1v) is 8.11. The van der Waals surface area contributed by atoms with E-state index in [9.17, 15) is 20.1 Å². The smallest absolute Gasteiger partial charge is 0.217 e. The molecule has 0 aliphatic carbocycles. The van der Waals surface area contributed by atoms with Crippen molar-refractivity contribution < 1.29 is 60.2 Å². The van der Waals surface area contributed by atoms with Gasteiger partial charge in [-0.05, 0) is 0 Å². The van der Waals surface area contributed by atoms with Crippen LogP contribution in [-0.2, 0) is 14.3 Å². The van der Waals surface area contributed by atoms with Crippen molar-refractivity contribution in [2.24, 2.45) is 0 Å². The number of carbonyl (C=O) groups is 1. The molecule has 0 aromatic carbocycles. The molecule has 2 saturated heterocycles. The van der Waals surface area contributed by atoms with Crippen LogP contribution in [0.5, 0.6) is 0 Å². The Labute approximate surface area is 154 Å². The summed E-state index contributed by atoms with van der Waals surface area (Å²) >= 11 is 0. The topological polar surface area (TPSA) is 230 Å². The van der Waals surface area contributed by atoms with E-state index in [1.54, 1.807) is 0 Å². The van der Waals surface area contributed by atoms with E-state index in [-0.39, 0.29) is 0 Å². The number of carbonyl (C=O) groups excluding carboxylic acids is 1. The molecule has 2 aliphatic heterocycles. The van der Waals surface area contributed by atoms with Gasteiger partial charge in [-0.2, -0.15) is 0 Å². The molecule has 0 saturated carbocycles. The fraction of sp³-hybridized carbons (Fsp3) is 0.929. The zero-order chi connectivity index (χ0) is 20.9. The summed E-state index contributed by atoms with van der Waals surface area (Å²) in [4.78, 5) is 10.7. The molecule has 0 unspecified atom stereocenters. The molecule has 13 nitrogen and oxygen atoms in total. The highest BCUT2D eigenvalue weighted by Crippen LogP contribution is 2.20. The monoisotopic (exact) mass is 401 g/mol. The first-order chi connectivity index (χ1) is 12.5. The SMILES string of the molecule is CC(=O)N[C@@H]1[C@@H](O)[C@H](O)[C@@H](CO)O[C@H]1O.OC[C@H]1O[C@@H](O)[C@H](O)[C@@H](O)[C@H]1O. The molecule has 10 atom stereocenters. The number of aliphatic hydroxyl groups is 9. The fourth-order valence-electron chi connectivity index (χ4n) is 2.57. The van der Waals surface area contributed by atoms with Gasteiger partial charge in [-0.15, -0.1) is 0 Å². The number of aliphatic hydroxyl groups excluding tert-OH is 9. The van der Waals surface area contributed by atoms with E-state index in [1.807, 2.05) is 0 Å². The summed E-state index contributed by atoms with van der Waals surface area (Å²) in [5, 5.41) is 84.1. The first kappa shape index (κ1) is 24.1. The van der Waals surface area contributed by atoms with Crippen LogP contribution in [0.1, 0.15) is 6.92 Å². The Kier molecular flexibility index (Phi) is 9.40. The van der Waals surface area contributed by atoms with Crippen molar-refractivity contribution in [3.8, 4) is 0 Å². The van der Waals surface area contributed by atoms with Crippen molar-refractivity contribution in [2.45, 2.75) is 68.3 Å². The summed E-state index contributed by atoms with van der Waals surface area (Å²) in [5.41, 5.74) is 0. The van der Waals surface area contributed by atoms with Gasteiger partial charge in [-0.1, -0.05) is 0 Å². The molecule has 13 heteroatoms. The molecule has 0 bridgehead atoms. The van der Waals surface area contributed by atoms with Crippen LogP contribution < -0.4 is 5.32 Å². The number of ether oxygens (including phenoxy) is 2. The summed E-state index contributed by atoms with van der Waals surface area (Å²) in [7, 11) is 0. The van der Waals surface area contributed by atoms with Crippen molar-refractivity contribution in [1.82, 2.24) is 5.32 Å². The molecule has 27 heavy (non-hydrogen) atoms. The quantitative estimate of drug-likeness (QED) is 0.213. The van der Waals surface area contributed by atoms with Gasteiger partial charge in [-0.25, -0.2) is 0 Å². The molecule has 2 fully saturated rings. The zero-order valence-electron chi connectivity index (χ0n) is 14.4. The van der Waals surface area contributed by atoms with Gasteiger partial charge in [0.2, 0.25) is 5.91 Å². The van der Waals surface area contributed by atoms with Gasteiger partial charge in [0, 0.05) is 6.92 Å². The average Bonchev–Trinajstić information content (AvgIpc) is 2.63. The minimum atomic E-state index is -1.57. The third-order valence-electron chi connectivity index (χ3n) is 4.14. The van der Waals surface area contributed by atoms with Crippen LogP contribution in [0.25, 0.3) is 0 Å². The molecule has 0 spiro atoms. The van der Waals surface area contributed by atoms with Crippen molar-refractivity contribution in [2.75, 3.05) is 13.2 Å². The molecular weight excluding hydrogens is 374 g/mol. The second kappa shape index (κ2) is 10.5. The summed E-state index contributed by atoms with van der Waals surface area (Å²) in [6.45, 7) is 0.161. The van der Waals surface area contributed by atoms with Crippen LogP contribution in [0.3, 0.4) is 0 Å². The molecule has 0 aromatic heterocycles. The molecule has 1 amide bonds. The van der Waals surface area contributed by atoms with Gasteiger partial charge in [0.15, 0.2) is 12.6 Å². The standard InChI is InChI=1S/C8H15NO6.C6H12O6/c1-3(11)9-5-7(13)6(12)4(2-10)15-8(5)14;7-1-2-3(8)4(9)5(10)6(11)12-2/h4-8,10,12-14H,2H2,1H3,(H,9,11);2-11H,1H2/t4-,5-,6-,7-,8-;2-,3+,4+,5-,6-/m11/s1. The molecule has 2 heterocycles. The Morgan fingerprint density at radius 2 is 1.19 bits per heavy atom. The summed E-state index contributed by atoms with van der Waals surface area (Å²) < 4.78 is 9.39. The maximum atomic E-state index is 10.7. The van der Waals surface area contributed by atoms with Gasteiger partial charge >= 0.3 is 0 Å². The fourth-order valence-corrected chi connectivity index (χ4v) is 2.57. The summed E-state index contributed by atoms with van der Waals surface area (Å²) in [6.07, 6.45) is -12.3. The van der Waals surface area contributed by atoms with Gasteiger partial charge in [0.25, 0.3) is 0 Å². The molecule has 2 rings (SSSR count). The average molecular weight is 401 g/mol. The molecular formula is C14H27NO12. The normalized spacial score (nSPS) is 44.8. The predicted octanol–water partition coefficient (Wildman–Crippen LogP) is -6.30. The number of hydrogen-bond donors (Lipinski definition) is 10. The molecule has 160 valence electrons. The second-order valence-corrected chi connectivity index (χ2v) is 6.17. The molecule has 10 N–H and O–H groups in total. The lowest BCUT2D eigenvalue weighted by atomic mass is 9.97. The number of amides is 1. The van der Waals surface area contributed by atoms with Gasteiger partial charge in [0.1, 0.15) is 48.8 Å². The zero-order valence-corrected chi connectivity index (χ0v) is 14.4. The van der Waals surface area contributed by atoms with Gasteiger partial charge in [0.05, 0.1) is 13.2 Å². The Morgan fingerprint density at radius 3 is 1.63 bits per heavy atom. The minimum Gasteiger partial charge on any atom is -0.394 e. The van der Waals surface area contributed by atoms with E-state index in [0.717, 1.165) is 0 Å². The van der Waals surface area contributed by atoms with Crippen LogP contribution in [0, 0.1) is 0 Å². The first-order valence-electron chi connectivity index (χ1n) is 8.11. The van der Waals surface area contributed by atoms with Crippen LogP contribution in [-0.4, -0.2) is 126 Å². The Bertz CT molecular complexity index is 463. The Morgan fingerprint density at radius 1 is 0.741 bits per heavy atom. The lowest BCUT2D eigenvalue weighted by Crippen LogP contribution is -2.63. The minimum absolute atomic E-state index is 0.462. The second-order valence-electron chi connectivity index (χ2n) is 6.17. The Hall–Kier alpha value is -0.970. The summed E-state index contributed by atoms with van der Waals surface area (Å²) in [5.74, 6) is -0.462. The lowest BCUT2D eigenvalue weighted by molar-refractivity contribution is -0.286. The highest BCUT2D eigenvalue weighted by molar-refractivity contribution is 5.73. The van der Waals surface area contributed by atoms with Gasteiger partial charge < -0.3 is 60.7 Å². The highest BCUT2D eigenvalue weighted by atomic mass is 16.6. The number of hydrogen-bond acceptors (Lipinski definition) is 12. The van der Waals surface area contributed by atoms with E-state index >= 15 is 0 Å². The molecule has 0 radical (unpaired) electrons. The largest absolute Gasteiger partial charge is 0.394 e. The van der Waals surface area contributed by atoms with Crippen molar-refractivity contribution >= 4 is 5.91 Å². The van der Waals surface area contributed by atoms with Crippen LogP contribution in [0.4, 0.5) is 0 Å². The third kappa shape index (κ3) is 6.00. The van der Waals surface area contributed by atoms with Crippen LogP contribution in [0.2, 0.25) is 0 Å². The van der Waals surface area contributed by atoms with E-state index in [2.05, 4.69) is 10.1 Å². The molecule has 0 aromatic rings. The maximum Gasteiger partial charge on any atom is 0.217 e. The van der Waals surface area contributed by atoms with E-state index in [0.29, 0.717) is 0 Å². The van der Waals surface area contributed by atoms with Crippen molar-refractivity contribution in [1.29, 1.82) is 0 Å². The highest BCUT2D eigenvalue weighted by Gasteiger charge is 2.44. The lowest BCUT2D eigenvalue weighted by Gasteiger charge is -2.40. The Balaban J connectivity index is 0.000000277. The number of rotatable bonds is 3. The number of nitrogens with one attached hydrogen (secondary N) is 1. The van der Waals surface area contributed by atoms with Crippen LogP contribution in [0.15, 0.2) is 0 Å². The molecule has 2 aliphatic rings. The van der Waals surface area contributed by atoms with E-state index in [4.69, 9.17) is 35.4 Å². The van der Waals surface area contributed by atoms with Crippen molar-refractivity contribution in [3.05, 3.63) is 0 Å². The third-order valence-corrected chi connectivity index (χ3v) is 4.14. The van der Waals surface area contributed by atoms with Crippen LogP contribution >= 0.6 is 0 Å². The predicted molar refractivity (Wildman–Crippen MR) is 83.6 cm³/mol. The van der Waals surface area contributed by atoms with E-state index in [1.165, 1.54) is 6.92 Å². The van der Waals surface area contributed by atoms with E-state index < -0.39 is 80.5 Å². The summed E-state index contributed by atoms with van der Waals surface area (Å²) in [6, 6.07) is -1.10.